The van der Waals surface area contributed by atoms with E-state index in [-0.39, 0.29) is 0 Å². The van der Waals surface area contributed by atoms with Crippen molar-refractivity contribution in [3.8, 4) is 11.5 Å². The first-order valence-corrected chi connectivity index (χ1v) is 8.39. The molecule has 0 aromatic heterocycles. The number of rotatable bonds is 6. The van der Waals surface area contributed by atoms with Gasteiger partial charge in [-0.15, -0.1) is 0 Å². The minimum absolute atomic E-state index is 0.574. The maximum absolute atomic E-state index is 11.0. The standard InChI is InChI=1S/C20H25NO3/c1-16-7-3-4-8-17(16)20(22)11-12-21(15-20)13-14-24-19-10-6-5-9-18(19)23-2/h3-10,22H,11-15H2,1-2H3/t20-/m0/s1. The predicted molar refractivity (Wildman–Crippen MR) is 94.6 cm³/mol. The largest absolute Gasteiger partial charge is 0.493 e. The van der Waals surface area contributed by atoms with Crippen LogP contribution in [0, 0.1) is 6.92 Å². The molecule has 128 valence electrons. The molecule has 1 N–H and O–H groups in total. The molecular weight excluding hydrogens is 302 g/mol. The molecular formula is C20H25NO3. The molecule has 4 heteroatoms. The highest BCUT2D eigenvalue weighted by Gasteiger charge is 2.38. The number of para-hydroxylation sites is 2. The molecule has 0 saturated carbocycles. The monoisotopic (exact) mass is 327 g/mol. The Hall–Kier alpha value is -2.04. The van der Waals surface area contributed by atoms with Crippen molar-refractivity contribution in [3.63, 3.8) is 0 Å². The van der Waals surface area contributed by atoms with Gasteiger partial charge in [-0.2, -0.15) is 0 Å². The molecule has 1 aliphatic heterocycles. The number of likely N-dealkylation sites (tertiary alicyclic amines) is 1. The van der Waals surface area contributed by atoms with Crippen LogP contribution in [0.25, 0.3) is 0 Å². The minimum Gasteiger partial charge on any atom is -0.493 e. The third-order valence-corrected chi connectivity index (χ3v) is 4.71. The zero-order valence-corrected chi connectivity index (χ0v) is 14.4. The molecule has 4 nitrogen and oxygen atoms in total. The van der Waals surface area contributed by atoms with Gasteiger partial charge in [-0.25, -0.2) is 0 Å². The summed E-state index contributed by atoms with van der Waals surface area (Å²) in [4.78, 5) is 2.25. The quantitative estimate of drug-likeness (QED) is 0.886. The van der Waals surface area contributed by atoms with Crippen molar-refractivity contribution in [2.75, 3.05) is 33.4 Å². The van der Waals surface area contributed by atoms with Crippen LogP contribution in [0.2, 0.25) is 0 Å². The molecule has 24 heavy (non-hydrogen) atoms. The van der Waals surface area contributed by atoms with Crippen LogP contribution >= 0.6 is 0 Å². The zero-order valence-electron chi connectivity index (χ0n) is 14.4. The Bertz CT molecular complexity index is 688. The SMILES string of the molecule is COc1ccccc1OCCN1CC[C@@](O)(c2ccccc2C)C1. The number of ether oxygens (including phenoxy) is 2. The first kappa shape index (κ1) is 16.8. The lowest BCUT2D eigenvalue weighted by Gasteiger charge is -2.25. The molecule has 1 fully saturated rings. The molecule has 0 radical (unpaired) electrons. The van der Waals surface area contributed by atoms with Crippen LogP contribution in [0.5, 0.6) is 11.5 Å². The second-order valence-electron chi connectivity index (χ2n) is 6.37. The highest BCUT2D eigenvalue weighted by Crippen LogP contribution is 2.33. The van der Waals surface area contributed by atoms with E-state index in [1.807, 2.05) is 42.5 Å². The minimum atomic E-state index is -0.754. The Labute approximate surface area is 143 Å². The molecule has 1 saturated heterocycles. The number of benzene rings is 2. The van der Waals surface area contributed by atoms with Crippen molar-refractivity contribution in [2.24, 2.45) is 0 Å². The maximum atomic E-state index is 11.0. The van der Waals surface area contributed by atoms with Crippen LogP contribution in [0.1, 0.15) is 17.5 Å². The van der Waals surface area contributed by atoms with Crippen LogP contribution in [0.4, 0.5) is 0 Å². The summed E-state index contributed by atoms with van der Waals surface area (Å²) in [5, 5.41) is 11.0. The molecule has 1 aliphatic rings. The van der Waals surface area contributed by atoms with E-state index < -0.39 is 5.60 Å². The molecule has 2 aromatic carbocycles. The fourth-order valence-electron chi connectivity index (χ4n) is 3.40. The van der Waals surface area contributed by atoms with E-state index in [0.717, 1.165) is 42.1 Å². The van der Waals surface area contributed by atoms with Crippen LogP contribution in [-0.4, -0.2) is 43.4 Å². The smallest absolute Gasteiger partial charge is 0.161 e. The lowest BCUT2D eigenvalue weighted by molar-refractivity contribution is 0.0441. The van der Waals surface area contributed by atoms with Crippen LogP contribution in [-0.2, 0) is 5.60 Å². The molecule has 1 atom stereocenters. The van der Waals surface area contributed by atoms with Gasteiger partial charge in [0.1, 0.15) is 12.2 Å². The number of hydrogen-bond acceptors (Lipinski definition) is 4. The topological polar surface area (TPSA) is 41.9 Å². The average Bonchev–Trinajstić information content (AvgIpc) is 2.98. The summed E-state index contributed by atoms with van der Waals surface area (Å²) in [6.45, 7) is 4.93. The highest BCUT2D eigenvalue weighted by atomic mass is 16.5. The summed E-state index contributed by atoms with van der Waals surface area (Å²) in [5.74, 6) is 1.50. The van der Waals surface area contributed by atoms with Crippen LogP contribution in [0.3, 0.4) is 0 Å². The number of nitrogens with zero attached hydrogens (tertiary/aromatic N) is 1. The van der Waals surface area contributed by atoms with Crippen molar-refractivity contribution in [1.29, 1.82) is 0 Å². The molecule has 0 amide bonds. The van der Waals surface area contributed by atoms with Gasteiger partial charge in [-0.3, -0.25) is 4.90 Å². The van der Waals surface area contributed by atoms with Crippen molar-refractivity contribution in [1.82, 2.24) is 4.90 Å². The first-order valence-electron chi connectivity index (χ1n) is 8.39. The van der Waals surface area contributed by atoms with Gasteiger partial charge in [-0.05, 0) is 36.6 Å². The number of aliphatic hydroxyl groups is 1. The number of aryl methyl sites for hydroxylation is 1. The van der Waals surface area contributed by atoms with Gasteiger partial charge in [0, 0.05) is 19.6 Å². The maximum Gasteiger partial charge on any atom is 0.161 e. The lowest BCUT2D eigenvalue weighted by Crippen LogP contribution is -2.33. The Balaban J connectivity index is 1.56. The van der Waals surface area contributed by atoms with E-state index >= 15 is 0 Å². The molecule has 1 heterocycles. The van der Waals surface area contributed by atoms with E-state index in [1.165, 1.54) is 0 Å². The third kappa shape index (κ3) is 3.55. The van der Waals surface area contributed by atoms with E-state index in [0.29, 0.717) is 13.2 Å². The Morgan fingerprint density at radius 2 is 1.79 bits per heavy atom. The van der Waals surface area contributed by atoms with E-state index in [9.17, 15) is 5.11 Å². The van der Waals surface area contributed by atoms with Crippen molar-refractivity contribution >= 4 is 0 Å². The summed E-state index contributed by atoms with van der Waals surface area (Å²) in [7, 11) is 1.64. The first-order chi connectivity index (χ1) is 11.6. The van der Waals surface area contributed by atoms with Crippen LogP contribution in [0.15, 0.2) is 48.5 Å². The molecule has 0 aliphatic carbocycles. The predicted octanol–water partition coefficient (Wildman–Crippen LogP) is 2.98. The summed E-state index contributed by atoms with van der Waals surface area (Å²) >= 11 is 0. The summed E-state index contributed by atoms with van der Waals surface area (Å²) in [6.07, 6.45) is 0.756. The molecule has 2 aromatic rings. The normalized spacial score (nSPS) is 21.0. The van der Waals surface area contributed by atoms with Gasteiger partial charge in [0.2, 0.25) is 0 Å². The summed E-state index contributed by atoms with van der Waals surface area (Å²) in [5.41, 5.74) is 1.43. The van der Waals surface area contributed by atoms with Crippen LogP contribution < -0.4 is 9.47 Å². The Morgan fingerprint density at radius 3 is 2.54 bits per heavy atom. The second kappa shape index (κ2) is 7.24. The van der Waals surface area contributed by atoms with Gasteiger partial charge in [-0.1, -0.05) is 36.4 Å². The molecule has 3 rings (SSSR count). The van der Waals surface area contributed by atoms with Gasteiger partial charge < -0.3 is 14.6 Å². The third-order valence-electron chi connectivity index (χ3n) is 4.71. The lowest BCUT2D eigenvalue weighted by atomic mass is 9.89. The number of methoxy groups -OCH3 is 1. The molecule has 0 bridgehead atoms. The fourth-order valence-corrected chi connectivity index (χ4v) is 3.40. The van der Waals surface area contributed by atoms with Crippen molar-refractivity contribution < 1.29 is 14.6 Å². The fraction of sp³-hybridized carbons (Fsp3) is 0.400. The Kier molecular flexibility index (Phi) is 5.07. The van der Waals surface area contributed by atoms with Gasteiger partial charge in [0.15, 0.2) is 11.5 Å². The summed E-state index contributed by atoms with van der Waals surface area (Å²) in [6, 6.07) is 15.8. The van der Waals surface area contributed by atoms with Crippen molar-refractivity contribution in [2.45, 2.75) is 18.9 Å². The highest BCUT2D eigenvalue weighted by molar-refractivity contribution is 5.39. The van der Waals surface area contributed by atoms with Gasteiger partial charge >= 0.3 is 0 Å². The second-order valence-corrected chi connectivity index (χ2v) is 6.37. The van der Waals surface area contributed by atoms with Gasteiger partial charge in [0.05, 0.1) is 7.11 Å². The Morgan fingerprint density at radius 1 is 1.08 bits per heavy atom. The van der Waals surface area contributed by atoms with E-state index in [4.69, 9.17) is 9.47 Å². The van der Waals surface area contributed by atoms with E-state index in [2.05, 4.69) is 17.9 Å². The van der Waals surface area contributed by atoms with E-state index in [1.54, 1.807) is 7.11 Å². The zero-order chi connectivity index (χ0) is 17.0. The van der Waals surface area contributed by atoms with Gasteiger partial charge in [0.25, 0.3) is 0 Å². The summed E-state index contributed by atoms with van der Waals surface area (Å²) < 4.78 is 11.1. The van der Waals surface area contributed by atoms with Crippen molar-refractivity contribution in [3.05, 3.63) is 59.7 Å². The molecule has 0 spiro atoms. The number of hydrogen-bond donors (Lipinski definition) is 1. The number of β-amino-alcohol motifs (C(OH)–C–C–N with tert-alkyl or cyclic N) is 1. The average molecular weight is 327 g/mol. The molecule has 0 unspecified atom stereocenters.